The Morgan fingerprint density at radius 2 is 2.00 bits per heavy atom. The lowest BCUT2D eigenvalue weighted by atomic mass is 10.0. The number of carbonyl (C=O) groups excluding carboxylic acids is 1. The summed E-state index contributed by atoms with van der Waals surface area (Å²) in [6.07, 6.45) is 2.02. The van der Waals surface area contributed by atoms with Crippen LogP contribution in [-0.2, 0) is 9.47 Å². The van der Waals surface area contributed by atoms with Crippen molar-refractivity contribution in [2.24, 2.45) is 0 Å². The molecule has 2 bridgehead atoms. The maximum atomic E-state index is 13.1. The van der Waals surface area contributed by atoms with Crippen LogP contribution in [0.5, 0.6) is 0 Å². The van der Waals surface area contributed by atoms with Gasteiger partial charge in [0.05, 0.1) is 18.8 Å². The van der Waals surface area contributed by atoms with Crippen molar-refractivity contribution < 1.29 is 14.3 Å². The largest absolute Gasteiger partial charge is 0.377 e. The summed E-state index contributed by atoms with van der Waals surface area (Å²) in [5.41, 5.74) is 0.740. The number of nitrogens with zero attached hydrogens (tertiary/aromatic N) is 1. The minimum Gasteiger partial charge on any atom is -0.377 e. The summed E-state index contributed by atoms with van der Waals surface area (Å²) in [4.78, 5) is 15.0. The first-order chi connectivity index (χ1) is 11.3. The average Bonchev–Trinajstić information content (AvgIpc) is 2.89. The Balaban J connectivity index is 1.66. The Morgan fingerprint density at radius 1 is 1.17 bits per heavy atom. The second-order valence-electron chi connectivity index (χ2n) is 6.31. The van der Waals surface area contributed by atoms with Gasteiger partial charge in [-0.3, -0.25) is 4.79 Å². The molecule has 1 aliphatic heterocycles. The summed E-state index contributed by atoms with van der Waals surface area (Å²) in [5, 5.41) is 2.25. The number of carbonyl (C=O) groups is 1. The molecule has 1 heterocycles. The number of hydrogen-bond acceptors (Lipinski definition) is 3. The Kier molecular flexibility index (Phi) is 3.79. The van der Waals surface area contributed by atoms with Gasteiger partial charge in [-0.1, -0.05) is 30.3 Å². The van der Waals surface area contributed by atoms with Gasteiger partial charge in [-0.05, 0) is 35.7 Å². The molecule has 0 aromatic heterocycles. The fourth-order valence-electron chi connectivity index (χ4n) is 3.94. The first kappa shape index (κ1) is 14.7. The van der Waals surface area contributed by atoms with Crippen molar-refractivity contribution in [2.45, 2.75) is 31.1 Å². The van der Waals surface area contributed by atoms with Gasteiger partial charge in [-0.15, -0.1) is 0 Å². The summed E-state index contributed by atoms with van der Waals surface area (Å²) in [7, 11) is 1.71. The maximum absolute atomic E-state index is 13.1. The van der Waals surface area contributed by atoms with Gasteiger partial charge in [0.2, 0.25) is 0 Å². The van der Waals surface area contributed by atoms with E-state index in [1.54, 1.807) is 7.11 Å². The van der Waals surface area contributed by atoms with Crippen LogP contribution in [-0.4, -0.2) is 49.3 Å². The van der Waals surface area contributed by atoms with Gasteiger partial charge in [0.1, 0.15) is 6.10 Å². The zero-order valence-electron chi connectivity index (χ0n) is 13.3. The van der Waals surface area contributed by atoms with E-state index in [1.165, 1.54) is 0 Å². The van der Waals surface area contributed by atoms with E-state index >= 15 is 0 Å². The second kappa shape index (κ2) is 5.95. The van der Waals surface area contributed by atoms with Gasteiger partial charge in [0, 0.05) is 19.2 Å². The molecule has 0 radical (unpaired) electrons. The van der Waals surface area contributed by atoms with Gasteiger partial charge in [-0.25, -0.2) is 0 Å². The van der Waals surface area contributed by atoms with Crippen molar-refractivity contribution in [3.05, 3.63) is 48.0 Å². The quantitative estimate of drug-likeness (QED) is 0.856. The van der Waals surface area contributed by atoms with Crippen molar-refractivity contribution in [3.63, 3.8) is 0 Å². The predicted octanol–water partition coefficient (Wildman–Crippen LogP) is 2.86. The molecule has 0 spiro atoms. The minimum absolute atomic E-state index is 0.0121. The van der Waals surface area contributed by atoms with Crippen LogP contribution in [0.1, 0.15) is 23.2 Å². The first-order valence-electron chi connectivity index (χ1n) is 8.22. The Hall–Kier alpha value is -1.91. The number of amides is 1. The molecule has 1 saturated carbocycles. The molecule has 120 valence electrons. The summed E-state index contributed by atoms with van der Waals surface area (Å²) >= 11 is 0. The highest BCUT2D eigenvalue weighted by atomic mass is 16.5. The van der Waals surface area contributed by atoms with Crippen molar-refractivity contribution in [1.82, 2.24) is 4.90 Å². The number of hydrogen-bond donors (Lipinski definition) is 0. The first-order valence-corrected chi connectivity index (χ1v) is 8.22. The van der Waals surface area contributed by atoms with Crippen molar-refractivity contribution in [3.8, 4) is 0 Å². The van der Waals surface area contributed by atoms with Crippen LogP contribution in [0.25, 0.3) is 10.8 Å². The standard InChI is InChI=1S/C19H21NO3/c1-22-18-16-8-9-17(18)23-11-10-20(16)19(21)15-7-6-13-4-2-3-5-14(13)12-15/h2-7,12,16-18H,8-11H2,1H3. The summed E-state index contributed by atoms with van der Waals surface area (Å²) in [5.74, 6) is 0.0777. The highest BCUT2D eigenvalue weighted by Gasteiger charge is 2.44. The smallest absolute Gasteiger partial charge is 0.254 e. The van der Waals surface area contributed by atoms with E-state index in [4.69, 9.17) is 9.47 Å². The number of rotatable bonds is 2. The van der Waals surface area contributed by atoms with Gasteiger partial charge < -0.3 is 14.4 Å². The molecule has 0 N–H and O–H groups in total. The third kappa shape index (κ3) is 2.52. The molecule has 1 aliphatic carbocycles. The Morgan fingerprint density at radius 3 is 2.83 bits per heavy atom. The lowest BCUT2D eigenvalue weighted by molar-refractivity contribution is -0.0316. The highest BCUT2D eigenvalue weighted by molar-refractivity contribution is 5.98. The number of fused-ring (bicyclic) bond motifs is 3. The van der Waals surface area contributed by atoms with Crippen molar-refractivity contribution in [1.29, 1.82) is 0 Å². The van der Waals surface area contributed by atoms with E-state index in [9.17, 15) is 4.79 Å². The average molecular weight is 311 g/mol. The van der Waals surface area contributed by atoms with Gasteiger partial charge in [0.15, 0.2) is 0 Å². The molecular formula is C19H21NO3. The number of benzene rings is 2. The molecule has 4 heteroatoms. The summed E-state index contributed by atoms with van der Waals surface area (Å²) < 4.78 is 11.5. The summed E-state index contributed by atoms with van der Waals surface area (Å²) in [6.45, 7) is 1.22. The lowest BCUT2D eigenvalue weighted by Gasteiger charge is -2.30. The van der Waals surface area contributed by atoms with E-state index in [2.05, 4.69) is 6.07 Å². The molecule has 2 aliphatic rings. The summed E-state index contributed by atoms with van der Waals surface area (Å²) in [6, 6.07) is 14.2. The topological polar surface area (TPSA) is 38.8 Å². The molecular weight excluding hydrogens is 290 g/mol. The molecule has 1 saturated heterocycles. The number of ether oxygens (including phenoxy) is 2. The predicted molar refractivity (Wildman–Crippen MR) is 88.5 cm³/mol. The lowest BCUT2D eigenvalue weighted by Crippen LogP contribution is -2.46. The SMILES string of the molecule is COC1C2CCC1N(C(=O)c1ccc3ccccc3c1)CCO2. The molecule has 23 heavy (non-hydrogen) atoms. The fraction of sp³-hybridized carbons (Fsp3) is 0.421. The third-order valence-corrected chi connectivity index (χ3v) is 5.09. The fourth-order valence-corrected chi connectivity index (χ4v) is 3.94. The van der Waals surface area contributed by atoms with Gasteiger partial charge in [-0.2, -0.15) is 0 Å². The normalized spacial score (nSPS) is 27.2. The second-order valence-corrected chi connectivity index (χ2v) is 6.31. The van der Waals surface area contributed by atoms with Crippen LogP contribution < -0.4 is 0 Å². The van der Waals surface area contributed by atoms with Crippen LogP contribution in [0, 0.1) is 0 Å². The number of methoxy groups -OCH3 is 1. The van der Waals surface area contributed by atoms with Crippen LogP contribution in [0.2, 0.25) is 0 Å². The van der Waals surface area contributed by atoms with E-state index in [1.807, 2.05) is 41.3 Å². The molecule has 3 atom stereocenters. The maximum Gasteiger partial charge on any atom is 0.254 e. The van der Waals surface area contributed by atoms with E-state index in [0.29, 0.717) is 13.2 Å². The molecule has 2 aromatic rings. The van der Waals surface area contributed by atoms with Gasteiger partial charge >= 0.3 is 0 Å². The third-order valence-electron chi connectivity index (χ3n) is 5.09. The van der Waals surface area contributed by atoms with Crippen LogP contribution in [0.15, 0.2) is 42.5 Å². The van der Waals surface area contributed by atoms with Crippen LogP contribution >= 0.6 is 0 Å². The zero-order chi connectivity index (χ0) is 15.8. The minimum atomic E-state index is -0.0121. The van der Waals surface area contributed by atoms with Crippen molar-refractivity contribution >= 4 is 16.7 Å². The van der Waals surface area contributed by atoms with E-state index in [0.717, 1.165) is 29.2 Å². The Bertz CT molecular complexity index is 729. The van der Waals surface area contributed by atoms with Crippen molar-refractivity contribution in [2.75, 3.05) is 20.3 Å². The van der Waals surface area contributed by atoms with Gasteiger partial charge in [0.25, 0.3) is 5.91 Å². The zero-order valence-corrected chi connectivity index (χ0v) is 13.3. The Labute approximate surface area is 136 Å². The molecule has 2 fully saturated rings. The monoisotopic (exact) mass is 311 g/mol. The molecule has 4 nitrogen and oxygen atoms in total. The molecule has 3 unspecified atom stereocenters. The molecule has 1 amide bonds. The molecule has 4 rings (SSSR count). The highest BCUT2D eigenvalue weighted by Crippen LogP contribution is 2.32. The molecule has 2 aromatic carbocycles. The van der Waals surface area contributed by atoms with Crippen LogP contribution in [0.4, 0.5) is 0 Å². The van der Waals surface area contributed by atoms with E-state index in [-0.39, 0.29) is 24.2 Å². The van der Waals surface area contributed by atoms with Crippen LogP contribution in [0.3, 0.4) is 0 Å². The van der Waals surface area contributed by atoms with E-state index < -0.39 is 0 Å².